The molecular formula is C10H17NO4. The van der Waals surface area contributed by atoms with Gasteiger partial charge in [0.25, 0.3) is 0 Å². The van der Waals surface area contributed by atoms with Crippen LogP contribution in [0.5, 0.6) is 0 Å². The number of amides is 1. The van der Waals surface area contributed by atoms with Crippen LogP contribution in [-0.4, -0.2) is 32.3 Å². The summed E-state index contributed by atoms with van der Waals surface area (Å²) in [5.74, 6) is 0.957. The molecule has 0 aromatic rings. The highest BCUT2D eigenvalue weighted by molar-refractivity contribution is 5.71. The molecule has 1 fully saturated rings. The Morgan fingerprint density at radius 3 is 2.67 bits per heavy atom. The third kappa shape index (κ3) is 4.67. The summed E-state index contributed by atoms with van der Waals surface area (Å²) in [7, 11) is 1.28. The lowest BCUT2D eigenvalue weighted by molar-refractivity contribution is -0.144. The molecule has 0 radical (unpaired) electrons. The standard InChI is InChI=1S/C10H17NO4/c1-7-5-8(7)6-15-9(12)3-4-11-10(13)14-2/h7-8H,3-6H2,1-2H3,(H,11,13)/t7-,8+/m1/s1. The van der Waals surface area contributed by atoms with Gasteiger partial charge in [0.05, 0.1) is 20.1 Å². The third-order valence-electron chi connectivity index (χ3n) is 2.52. The van der Waals surface area contributed by atoms with Gasteiger partial charge in [0.1, 0.15) is 0 Å². The summed E-state index contributed by atoms with van der Waals surface area (Å²) < 4.78 is 9.37. The Kier molecular flexibility index (Phi) is 4.39. The number of carbonyl (C=O) groups excluding carboxylic acids is 2. The van der Waals surface area contributed by atoms with Gasteiger partial charge in [-0.15, -0.1) is 0 Å². The zero-order valence-electron chi connectivity index (χ0n) is 9.12. The summed E-state index contributed by atoms with van der Waals surface area (Å²) in [4.78, 5) is 21.8. The first-order valence-electron chi connectivity index (χ1n) is 5.11. The van der Waals surface area contributed by atoms with Crippen LogP contribution >= 0.6 is 0 Å². The van der Waals surface area contributed by atoms with Gasteiger partial charge >= 0.3 is 12.1 Å². The molecule has 0 aromatic carbocycles. The van der Waals surface area contributed by atoms with Crippen LogP contribution < -0.4 is 5.32 Å². The molecule has 1 aliphatic rings. The topological polar surface area (TPSA) is 64.6 Å². The Labute approximate surface area is 89.1 Å². The van der Waals surface area contributed by atoms with Gasteiger partial charge in [-0.05, 0) is 18.3 Å². The Bertz CT molecular complexity index is 242. The second kappa shape index (κ2) is 5.58. The normalized spacial score (nSPS) is 23.1. The highest BCUT2D eigenvalue weighted by atomic mass is 16.5. The molecule has 1 N–H and O–H groups in total. The van der Waals surface area contributed by atoms with Gasteiger partial charge in [0.2, 0.25) is 0 Å². The minimum atomic E-state index is -0.529. The molecule has 5 nitrogen and oxygen atoms in total. The summed E-state index contributed by atoms with van der Waals surface area (Å²) >= 11 is 0. The number of rotatable bonds is 5. The van der Waals surface area contributed by atoms with Crippen molar-refractivity contribution in [2.75, 3.05) is 20.3 Å². The van der Waals surface area contributed by atoms with E-state index in [9.17, 15) is 9.59 Å². The number of alkyl carbamates (subject to hydrolysis) is 1. The van der Waals surface area contributed by atoms with Gasteiger partial charge < -0.3 is 14.8 Å². The molecule has 0 heterocycles. The summed E-state index contributed by atoms with van der Waals surface area (Å²) in [5, 5.41) is 2.41. The van der Waals surface area contributed by atoms with E-state index in [1.807, 2.05) is 0 Å². The fraction of sp³-hybridized carbons (Fsp3) is 0.800. The predicted octanol–water partition coefficient (Wildman–Crippen LogP) is 0.932. The molecule has 0 unspecified atom stereocenters. The zero-order valence-corrected chi connectivity index (χ0v) is 9.12. The van der Waals surface area contributed by atoms with Crippen molar-refractivity contribution in [3.05, 3.63) is 0 Å². The molecular weight excluding hydrogens is 198 g/mol. The number of ether oxygens (including phenoxy) is 2. The summed E-state index contributed by atoms with van der Waals surface area (Å²) in [6.45, 7) is 2.90. The fourth-order valence-electron chi connectivity index (χ4n) is 1.24. The molecule has 1 amide bonds. The number of methoxy groups -OCH3 is 1. The third-order valence-corrected chi connectivity index (χ3v) is 2.52. The van der Waals surface area contributed by atoms with Gasteiger partial charge in [-0.1, -0.05) is 6.92 Å². The maximum Gasteiger partial charge on any atom is 0.406 e. The first-order chi connectivity index (χ1) is 7.13. The maximum atomic E-state index is 11.1. The van der Waals surface area contributed by atoms with E-state index >= 15 is 0 Å². The first kappa shape index (κ1) is 11.8. The number of hydrogen-bond acceptors (Lipinski definition) is 4. The van der Waals surface area contributed by atoms with Crippen LogP contribution in [0.1, 0.15) is 19.8 Å². The van der Waals surface area contributed by atoms with Crippen molar-refractivity contribution >= 4 is 12.1 Å². The summed E-state index contributed by atoms with van der Waals surface area (Å²) in [5.41, 5.74) is 0. The largest absolute Gasteiger partial charge is 0.465 e. The van der Waals surface area contributed by atoms with E-state index in [0.717, 1.165) is 6.42 Å². The van der Waals surface area contributed by atoms with Crippen LogP contribution in [0.3, 0.4) is 0 Å². The van der Waals surface area contributed by atoms with Crippen molar-refractivity contribution in [1.82, 2.24) is 5.32 Å². The van der Waals surface area contributed by atoms with Crippen molar-refractivity contribution in [1.29, 1.82) is 0 Å². The van der Waals surface area contributed by atoms with Crippen LogP contribution in [-0.2, 0) is 14.3 Å². The molecule has 0 saturated heterocycles. The van der Waals surface area contributed by atoms with E-state index in [0.29, 0.717) is 18.4 Å². The number of carbonyl (C=O) groups is 2. The van der Waals surface area contributed by atoms with Crippen LogP contribution in [0.4, 0.5) is 4.79 Å². The lowest BCUT2D eigenvalue weighted by Gasteiger charge is -2.04. The lowest BCUT2D eigenvalue weighted by atomic mass is 10.3. The van der Waals surface area contributed by atoms with Crippen LogP contribution in [0.15, 0.2) is 0 Å². The molecule has 0 bridgehead atoms. The Hall–Kier alpha value is -1.26. The van der Waals surface area contributed by atoms with Crippen molar-refractivity contribution in [3.63, 3.8) is 0 Å². The minimum Gasteiger partial charge on any atom is -0.465 e. The minimum absolute atomic E-state index is 0.191. The zero-order chi connectivity index (χ0) is 11.3. The molecule has 0 spiro atoms. The second-order valence-corrected chi connectivity index (χ2v) is 3.82. The van der Waals surface area contributed by atoms with E-state index in [1.165, 1.54) is 7.11 Å². The van der Waals surface area contributed by atoms with Gasteiger partial charge in [-0.2, -0.15) is 0 Å². The van der Waals surface area contributed by atoms with Crippen molar-refractivity contribution < 1.29 is 19.1 Å². The Morgan fingerprint density at radius 2 is 2.13 bits per heavy atom. The van der Waals surface area contributed by atoms with Crippen LogP contribution in [0.2, 0.25) is 0 Å². The van der Waals surface area contributed by atoms with Gasteiger partial charge in [-0.25, -0.2) is 4.79 Å². The molecule has 0 aliphatic heterocycles. The summed E-state index contributed by atoms with van der Waals surface area (Å²) in [6, 6.07) is 0. The molecule has 0 aromatic heterocycles. The van der Waals surface area contributed by atoms with Crippen LogP contribution in [0.25, 0.3) is 0 Å². The van der Waals surface area contributed by atoms with E-state index in [4.69, 9.17) is 4.74 Å². The molecule has 15 heavy (non-hydrogen) atoms. The highest BCUT2D eigenvalue weighted by Gasteiger charge is 2.33. The van der Waals surface area contributed by atoms with Crippen LogP contribution in [0, 0.1) is 11.8 Å². The predicted molar refractivity (Wildman–Crippen MR) is 53.3 cm³/mol. The monoisotopic (exact) mass is 215 g/mol. The molecule has 1 aliphatic carbocycles. The van der Waals surface area contributed by atoms with E-state index in [2.05, 4.69) is 17.0 Å². The molecule has 1 rings (SSSR count). The highest BCUT2D eigenvalue weighted by Crippen LogP contribution is 2.37. The van der Waals surface area contributed by atoms with Gasteiger partial charge in [-0.3, -0.25) is 4.79 Å². The fourth-order valence-corrected chi connectivity index (χ4v) is 1.24. The Morgan fingerprint density at radius 1 is 1.47 bits per heavy atom. The average molecular weight is 215 g/mol. The van der Waals surface area contributed by atoms with Gasteiger partial charge in [0, 0.05) is 6.54 Å². The molecule has 5 heteroatoms. The summed E-state index contributed by atoms with van der Waals surface area (Å²) in [6.07, 6.45) is 0.808. The van der Waals surface area contributed by atoms with Crippen molar-refractivity contribution in [2.45, 2.75) is 19.8 Å². The molecule has 86 valence electrons. The van der Waals surface area contributed by atoms with E-state index < -0.39 is 6.09 Å². The number of hydrogen-bond donors (Lipinski definition) is 1. The first-order valence-corrected chi connectivity index (χ1v) is 5.11. The Balaban J connectivity index is 1.96. The lowest BCUT2D eigenvalue weighted by Crippen LogP contribution is -2.26. The SMILES string of the molecule is COC(=O)NCCC(=O)OC[C@@H]1C[C@H]1C. The number of esters is 1. The molecule has 2 atom stereocenters. The van der Waals surface area contributed by atoms with E-state index in [-0.39, 0.29) is 18.9 Å². The van der Waals surface area contributed by atoms with E-state index in [1.54, 1.807) is 0 Å². The second-order valence-electron chi connectivity index (χ2n) is 3.82. The quantitative estimate of drug-likeness (QED) is 0.693. The van der Waals surface area contributed by atoms with Crippen molar-refractivity contribution in [3.8, 4) is 0 Å². The maximum absolute atomic E-state index is 11.1. The number of nitrogens with one attached hydrogen (secondary N) is 1. The molecule has 1 saturated carbocycles. The smallest absolute Gasteiger partial charge is 0.406 e. The van der Waals surface area contributed by atoms with Crippen molar-refractivity contribution in [2.24, 2.45) is 11.8 Å². The van der Waals surface area contributed by atoms with Gasteiger partial charge in [0.15, 0.2) is 0 Å². The average Bonchev–Trinajstić information content (AvgIpc) is 2.91.